The van der Waals surface area contributed by atoms with Crippen LogP contribution in [0, 0.1) is 0 Å². The standard InChI is InChI=1S/C22H16O2/c23-21-11-19-9-17-7-15-5-13-3-1-2-4-14(13)6-16(15)8-18(17)10-20(19)12-22(21)24/h1-2,5-12,23-24H,3-4H2. The van der Waals surface area contributed by atoms with Crippen LogP contribution in [0.2, 0.25) is 0 Å². The van der Waals surface area contributed by atoms with E-state index in [1.54, 1.807) is 12.1 Å². The zero-order chi connectivity index (χ0) is 16.3. The summed E-state index contributed by atoms with van der Waals surface area (Å²) in [7, 11) is 0. The van der Waals surface area contributed by atoms with E-state index in [2.05, 4.69) is 48.6 Å². The first-order valence-electron chi connectivity index (χ1n) is 8.17. The van der Waals surface area contributed by atoms with Crippen molar-refractivity contribution in [2.24, 2.45) is 0 Å². The van der Waals surface area contributed by atoms with Crippen molar-refractivity contribution in [1.29, 1.82) is 0 Å². The SMILES string of the molecule is Oc1cc2cc3cc4cc5c(cc4cc3cc2cc1O)CC=CC5. The lowest BCUT2D eigenvalue weighted by Crippen LogP contribution is -1.97. The highest BCUT2D eigenvalue weighted by molar-refractivity contribution is 6.05. The quantitative estimate of drug-likeness (QED) is 0.266. The fourth-order valence-electron chi connectivity index (χ4n) is 3.72. The predicted molar refractivity (Wildman–Crippen MR) is 98.8 cm³/mol. The molecule has 0 heterocycles. The smallest absolute Gasteiger partial charge is 0.158 e. The highest BCUT2D eigenvalue weighted by Gasteiger charge is 2.09. The third-order valence-electron chi connectivity index (χ3n) is 5.01. The van der Waals surface area contributed by atoms with E-state index in [0.717, 1.165) is 34.4 Å². The summed E-state index contributed by atoms with van der Waals surface area (Å²) >= 11 is 0. The van der Waals surface area contributed by atoms with Gasteiger partial charge in [-0.05, 0) is 92.7 Å². The van der Waals surface area contributed by atoms with E-state index in [1.165, 1.54) is 21.9 Å². The number of hydrogen-bond acceptors (Lipinski definition) is 2. The second-order valence-corrected chi connectivity index (χ2v) is 6.59. The molecule has 116 valence electrons. The summed E-state index contributed by atoms with van der Waals surface area (Å²) in [5.41, 5.74) is 2.82. The van der Waals surface area contributed by atoms with Crippen molar-refractivity contribution in [2.75, 3.05) is 0 Å². The molecule has 0 atom stereocenters. The van der Waals surface area contributed by atoms with Crippen LogP contribution < -0.4 is 0 Å². The Morgan fingerprint density at radius 1 is 0.458 bits per heavy atom. The van der Waals surface area contributed by atoms with Gasteiger partial charge in [0.25, 0.3) is 0 Å². The minimum Gasteiger partial charge on any atom is -0.504 e. The summed E-state index contributed by atoms with van der Waals surface area (Å²) in [6.07, 6.45) is 6.48. The summed E-state index contributed by atoms with van der Waals surface area (Å²) < 4.78 is 0. The topological polar surface area (TPSA) is 40.5 Å². The summed E-state index contributed by atoms with van der Waals surface area (Å²) in [6, 6.07) is 16.4. The van der Waals surface area contributed by atoms with Gasteiger partial charge >= 0.3 is 0 Å². The lowest BCUT2D eigenvalue weighted by atomic mass is 9.91. The third-order valence-corrected chi connectivity index (χ3v) is 5.01. The van der Waals surface area contributed by atoms with Crippen LogP contribution in [0.3, 0.4) is 0 Å². The van der Waals surface area contributed by atoms with E-state index in [9.17, 15) is 10.2 Å². The molecule has 1 aliphatic rings. The van der Waals surface area contributed by atoms with Crippen molar-refractivity contribution in [1.82, 2.24) is 0 Å². The molecule has 2 N–H and O–H groups in total. The van der Waals surface area contributed by atoms with E-state index >= 15 is 0 Å². The Hall–Kier alpha value is -3.00. The van der Waals surface area contributed by atoms with Crippen molar-refractivity contribution in [3.63, 3.8) is 0 Å². The van der Waals surface area contributed by atoms with Crippen molar-refractivity contribution in [2.45, 2.75) is 12.8 Å². The second kappa shape index (κ2) is 4.75. The molecule has 5 rings (SSSR count). The van der Waals surface area contributed by atoms with Crippen molar-refractivity contribution in [3.05, 3.63) is 71.8 Å². The second-order valence-electron chi connectivity index (χ2n) is 6.59. The lowest BCUT2D eigenvalue weighted by Gasteiger charge is -2.13. The lowest BCUT2D eigenvalue weighted by molar-refractivity contribution is 0.405. The highest BCUT2D eigenvalue weighted by atomic mass is 16.3. The Bertz CT molecular complexity index is 1080. The third kappa shape index (κ3) is 1.96. The van der Waals surface area contributed by atoms with E-state index in [1.807, 2.05) is 0 Å². The monoisotopic (exact) mass is 312 g/mol. The molecular formula is C22H16O2. The molecule has 4 aromatic carbocycles. The van der Waals surface area contributed by atoms with Crippen LogP contribution in [-0.2, 0) is 12.8 Å². The Balaban J connectivity index is 1.82. The van der Waals surface area contributed by atoms with Gasteiger partial charge in [-0.2, -0.15) is 0 Å². The van der Waals surface area contributed by atoms with Crippen LogP contribution in [0.25, 0.3) is 32.3 Å². The molecule has 4 aromatic rings. The van der Waals surface area contributed by atoms with Crippen molar-refractivity contribution in [3.8, 4) is 11.5 Å². The first kappa shape index (κ1) is 13.4. The Morgan fingerprint density at radius 3 is 1.21 bits per heavy atom. The van der Waals surface area contributed by atoms with Crippen LogP contribution in [-0.4, -0.2) is 10.2 Å². The number of phenolic OH excluding ortho intramolecular Hbond substituents is 2. The average Bonchev–Trinajstić information content (AvgIpc) is 2.58. The van der Waals surface area contributed by atoms with E-state index in [4.69, 9.17) is 0 Å². The summed E-state index contributed by atoms with van der Waals surface area (Å²) in [5, 5.41) is 26.1. The van der Waals surface area contributed by atoms with Gasteiger partial charge in [0.05, 0.1) is 0 Å². The van der Waals surface area contributed by atoms with Crippen LogP contribution in [0.15, 0.2) is 60.7 Å². The van der Waals surface area contributed by atoms with Gasteiger partial charge in [-0.1, -0.05) is 24.3 Å². The van der Waals surface area contributed by atoms with E-state index in [0.29, 0.717) is 0 Å². The number of aromatic hydroxyl groups is 2. The molecule has 0 bridgehead atoms. The first-order chi connectivity index (χ1) is 11.7. The molecule has 0 saturated carbocycles. The molecule has 0 spiro atoms. The minimum absolute atomic E-state index is 0.0801. The molecule has 2 nitrogen and oxygen atoms in total. The van der Waals surface area contributed by atoms with Crippen molar-refractivity contribution >= 4 is 32.3 Å². The van der Waals surface area contributed by atoms with E-state index in [-0.39, 0.29) is 11.5 Å². The summed E-state index contributed by atoms with van der Waals surface area (Å²) in [5.74, 6) is -0.160. The van der Waals surface area contributed by atoms with Crippen molar-refractivity contribution < 1.29 is 10.2 Å². The highest BCUT2D eigenvalue weighted by Crippen LogP contribution is 2.34. The maximum Gasteiger partial charge on any atom is 0.158 e. The number of fused-ring (bicyclic) bond motifs is 4. The number of allylic oxidation sites excluding steroid dienone is 2. The molecule has 0 fully saturated rings. The molecule has 0 radical (unpaired) electrons. The van der Waals surface area contributed by atoms with Crippen LogP contribution in [0.1, 0.15) is 11.1 Å². The van der Waals surface area contributed by atoms with Gasteiger partial charge in [0, 0.05) is 0 Å². The fraction of sp³-hybridized carbons (Fsp3) is 0.0909. The molecular weight excluding hydrogens is 296 g/mol. The normalized spacial score (nSPS) is 13.7. The molecule has 0 aliphatic heterocycles. The Morgan fingerprint density at radius 2 is 0.792 bits per heavy atom. The number of benzene rings is 4. The van der Waals surface area contributed by atoms with Gasteiger partial charge < -0.3 is 10.2 Å². The Labute approximate surface area is 139 Å². The molecule has 2 heteroatoms. The Kier molecular flexibility index (Phi) is 2.66. The maximum absolute atomic E-state index is 9.74. The molecule has 0 saturated heterocycles. The molecule has 0 amide bonds. The van der Waals surface area contributed by atoms with Crippen LogP contribution >= 0.6 is 0 Å². The summed E-state index contributed by atoms with van der Waals surface area (Å²) in [4.78, 5) is 0. The largest absolute Gasteiger partial charge is 0.504 e. The molecule has 1 aliphatic carbocycles. The van der Waals surface area contributed by atoms with Gasteiger partial charge in [-0.3, -0.25) is 0 Å². The number of phenols is 2. The predicted octanol–water partition coefficient (Wildman–Crippen LogP) is 5.21. The zero-order valence-electron chi connectivity index (χ0n) is 13.1. The average molecular weight is 312 g/mol. The van der Waals surface area contributed by atoms with Gasteiger partial charge in [-0.25, -0.2) is 0 Å². The van der Waals surface area contributed by atoms with Gasteiger partial charge in [0.15, 0.2) is 11.5 Å². The van der Waals surface area contributed by atoms with Crippen LogP contribution in [0.4, 0.5) is 0 Å². The van der Waals surface area contributed by atoms with Gasteiger partial charge in [-0.15, -0.1) is 0 Å². The minimum atomic E-state index is -0.0801. The molecule has 0 aromatic heterocycles. The zero-order valence-corrected chi connectivity index (χ0v) is 13.1. The first-order valence-corrected chi connectivity index (χ1v) is 8.17. The fourth-order valence-corrected chi connectivity index (χ4v) is 3.72. The van der Waals surface area contributed by atoms with Gasteiger partial charge in [0.2, 0.25) is 0 Å². The summed E-state index contributed by atoms with van der Waals surface area (Å²) in [6.45, 7) is 0. The van der Waals surface area contributed by atoms with E-state index < -0.39 is 0 Å². The molecule has 0 unspecified atom stereocenters. The van der Waals surface area contributed by atoms with Crippen LogP contribution in [0.5, 0.6) is 11.5 Å². The van der Waals surface area contributed by atoms with Gasteiger partial charge in [0.1, 0.15) is 0 Å². The maximum atomic E-state index is 9.74. The molecule has 24 heavy (non-hydrogen) atoms. The number of hydrogen-bond donors (Lipinski definition) is 2. The number of rotatable bonds is 0.